The summed E-state index contributed by atoms with van der Waals surface area (Å²) in [5, 5.41) is 3.33. The Hall–Kier alpha value is -2.14. The minimum Gasteiger partial charge on any atom is -0.434 e. The third-order valence-electron chi connectivity index (χ3n) is 3.07. The van der Waals surface area contributed by atoms with Crippen LogP contribution in [0.5, 0.6) is 5.75 Å². The second kappa shape index (κ2) is 7.22. The number of hydrogen-bond acceptors (Lipinski definition) is 2. The van der Waals surface area contributed by atoms with Crippen LogP contribution in [0.3, 0.4) is 0 Å². The molecular formula is C16H14ClF2NO2. The molecule has 22 heavy (non-hydrogen) atoms. The van der Waals surface area contributed by atoms with Crippen molar-refractivity contribution in [2.24, 2.45) is 0 Å². The molecule has 0 aliphatic rings. The minimum atomic E-state index is -2.98. The van der Waals surface area contributed by atoms with Gasteiger partial charge in [-0.15, -0.1) is 0 Å². The van der Waals surface area contributed by atoms with E-state index in [1.165, 1.54) is 18.2 Å². The number of nitrogens with one attached hydrogen (secondary N) is 1. The van der Waals surface area contributed by atoms with Crippen LogP contribution in [0.4, 0.5) is 8.78 Å². The fourth-order valence-corrected chi connectivity index (χ4v) is 2.09. The van der Waals surface area contributed by atoms with Crippen molar-refractivity contribution in [2.75, 3.05) is 0 Å². The number of carbonyl (C=O) groups is 1. The van der Waals surface area contributed by atoms with Gasteiger partial charge in [0.1, 0.15) is 5.75 Å². The lowest BCUT2D eigenvalue weighted by Crippen LogP contribution is -2.27. The summed E-state index contributed by atoms with van der Waals surface area (Å²) in [6.07, 6.45) is 0. The molecule has 1 amide bonds. The van der Waals surface area contributed by atoms with Gasteiger partial charge in [0.15, 0.2) is 0 Å². The molecule has 0 saturated heterocycles. The van der Waals surface area contributed by atoms with Crippen LogP contribution in [0.25, 0.3) is 0 Å². The molecule has 2 rings (SSSR count). The molecule has 2 aromatic rings. The van der Waals surface area contributed by atoms with Gasteiger partial charge in [0, 0.05) is 5.02 Å². The van der Waals surface area contributed by atoms with E-state index in [2.05, 4.69) is 10.1 Å². The van der Waals surface area contributed by atoms with Gasteiger partial charge in [-0.3, -0.25) is 4.79 Å². The molecule has 3 nitrogen and oxygen atoms in total. The quantitative estimate of drug-likeness (QED) is 0.883. The highest BCUT2D eigenvalue weighted by Gasteiger charge is 2.17. The van der Waals surface area contributed by atoms with Gasteiger partial charge < -0.3 is 10.1 Å². The van der Waals surface area contributed by atoms with Crippen molar-refractivity contribution in [2.45, 2.75) is 19.6 Å². The molecule has 1 N–H and O–H groups in total. The van der Waals surface area contributed by atoms with Crippen LogP contribution >= 0.6 is 11.6 Å². The predicted octanol–water partition coefficient (Wildman–Crippen LogP) is 4.43. The van der Waals surface area contributed by atoms with Gasteiger partial charge >= 0.3 is 6.61 Å². The third kappa shape index (κ3) is 4.18. The van der Waals surface area contributed by atoms with Crippen molar-refractivity contribution in [1.29, 1.82) is 0 Å². The van der Waals surface area contributed by atoms with E-state index in [0.717, 1.165) is 5.56 Å². The van der Waals surface area contributed by atoms with Crippen LogP contribution in [-0.2, 0) is 0 Å². The Labute approximate surface area is 131 Å². The summed E-state index contributed by atoms with van der Waals surface area (Å²) in [6.45, 7) is -1.19. The molecule has 0 radical (unpaired) electrons. The standard InChI is InChI=1S/C16H14ClF2NO2/c1-10(11-6-8-12(17)9-7-11)20-15(21)13-4-2-3-5-14(13)22-16(18)19/h2-10,16H,1H3,(H,20,21)/t10-/m1/s1. The molecule has 1 atom stereocenters. The number of amides is 1. The zero-order chi connectivity index (χ0) is 16.1. The highest BCUT2D eigenvalue weighted by molar-refractivity contribution is 6.30. The zero-order valence-corrected chi connectivity index (χ0v) is 12.5. The lowest BCUT2D eigenvalue weighted by Gasteiger charge is -2.16. The van der Waals surface area contributed by atoms with Gasteiger partial charge in [-0.25, -0.2) is 0 Å². The fraction of sp³-hybridized carbons (Fsp3) is 0.188. The summed E-state index contributed by atoms with van der Waals surface area (Å²) >= 11 is 5.81. The molecule has 6 heteroatoms. The lowest BCUT2D eigenvalue weighted by atomic mass is 10.1. The van der Waals surface area contributed by atoms with Crippen molar-refractivity contribution in [3.8, 4) is 5.75 Å². The SMILES string of the molecule is C[C@@H](NC(=O)c1ccccc1OC(F)F)c1ccc(Cl)cc1. The molecule has 0 saturated carbocycles. The molecule has 0 spiro atoms. The average molecular weight is 326 g/mol. The van der Waals surface area contributed by atoms with E-state index in [1.54, 1.807) is 37.3 Å². The molecule has 2 aromatic carbocycles. The number of alkyl halides is 2. The number of benzene rings is 2. The van der Waals surface area contributed by atoms with Crippen molar-refractivity contribution < 1.29 is 18.3 Å². The Morgan fingerprint density at radius 2 is 1.77 bits per heavy atom. The summed E-state index contributed by atoms with van der Waals surface area (Å²) in [5.74, 6) is -0.642. The van der Waals surface area contributed by atoms with Gasteiger partial charge in [-0.2, -0.15) is 8.78 Å². The Balaban J connectivity index is 2.13. The summed E-state index contributed by atoms with van der Waals surface area (Å²) in [4.78, 5) is 12.2. The molecule has 0 bridgehead atoms. The van der Waals surface area contributed by atoms with Gasteiger partial charge in [0.25, 0.3) is 5.91 Å². The molecule has 0 heterocycles. The van der Waals surface area contributed by atoms with Crippen LogP contribution in [0.15, 0.2) is 48.5 Å². The van der Waals surface area contributed by atoms with Crippen molar-refractivity contribution in [1.82, 2.24) is 5.32 Å². The number of ether oxygens (including phenoxy) is 1. The molecule has 0 aromatic heterocycles. The number of carbonyl (C=O) groups excluding carboxylic acids is 1. The van der Waals surface area contributed by atoms with E-state index in [0.29, 0.717) is 5.02 Å². The molecular weight excluding hydrogens is 312 g/mol. The summed E-state index contributed by atoms with van der Waals surface area (Å²) in [7, 11) is 0. The summed E-state index contributed by atoms with van der Waals surface area (Å²) in [5.41, 5.74) is 0.911. The van der Waals surface area contributed by atoms with E-state index in [1.807, 2.05) is 0 Å². The maximum atomic E-state index is 12.4. The van der Waals surface area contributed by atoms with E-state index >= 15 is 0 Å². The fourth-order valence-electron chi connectivity index (χ4n) is 1.96. The monoisotopic (exact) mass is 325 g/mol. The molecule has 0 aliphatic heterocycles. The van der Waals surface area contributed by atoms with E-state index in [9.17, 15) is 13.6 Å². The van der Waals surface area contributed by atoms with Crippen LogP contribution in [0.1, 0.15) is 28.9 Å². The van der Waals surface area contributed by atoms with E-state index in [4.69, 9.17) is 11.6 Å². The summed E-state index contributed by atoms with van der Waals surface area (Å²) in [6, 6.07) is 12.6. The first-order valence-electron chi connectivity index (χ1n) is 6.57. The van der Waals surface area contributed by atoms with Crippen LogP contribution < -0.4 is 10.1 Å². The van der Waals surface area contributed by atoms with Gasteiger partial charge in [-0.05, 0) is 36.8 Å². The maximum Gasteiger partial charge on any atom is 0.387 e. The van der Waals surface area contributed by atoms with Crippen LogP contribution in [0, 0.1) is 0 Å². The first kappa shape index (κ1) is 16.2. The first-order chi connectivity index (χ1) is 10.5. The normalized spacial score (nSPS) is 12.0. The topological polar surface area (TPSA) is 38.3 Å². The average Bonchev–Trinajstić information content (AvgIpc) is 2.47. The van der Waals surface area contributed by atoms with Crippen LogP contribution in [-0.4, -0.2) is 12.5 Å². The largest absolute Gasteiger partial charge is 0.434 e. The molecule has 0 aliphatic carbocycles. The smallest absolute Gasteiger partial charge is 0.387 e. The highest BCUT2D eigenvalue weighted by Crippen LogP contribution is 2.22. The lowest BCUT2D eigenvalue weighted by molar-refractivity contribution is -0.0501. The zero-order valence-electron chi connectivity index (χ0n) is 11.7. The van der Waals surface area contributed by atoms with E-state index < -0.39 is 12.5 Å². The second-order valence-electron chi connectivity index (χ2n) is 4.62. The number of halogens is 3. The number of hydrogen-bond donors (Lipinski definition) is 1. The minimum absolute atomic E-state index is 0.0589. The van der Waals surface area contributed by atoms with Gasteiger partial charge in [0.2, 0.25) is 0 Å². The van der Waals surface area contributed by atoms with Gasteiger partial charge in [0.05, 0.1) is 11.6 Å². The van der Waals surface area contributed by atoms with E-state index in [-0.39, 0.29) is 17.4 Å². The van der Waals surface area contributed by atoms with Crippen molar-refractivity contribution >= 4 is 17.5 Å². The molecule has 0 unspecified atom stereocenters. The number of para-hydroxylation sites is 1. The summed E-state index contributed by atoms with van der Waals surface area (Å²) < 4.78 is 29.1. The van der Waals surface area contributed by atoms with Crippen molar-refractivity contribution in [3.63, 3.8) is 0 Å². The second-order valence-corrected chi connectivity index (χ2v) is 5.06. The van der Waals surface area contributed by atoms with Crippen molar-refractivity contribution in [3.05, 3.63) is 64.7 Å². The Morgan fingerprint density at radius 3 is 2.41 bits per heavy atom. The Kier molecular flexibility index (Phi) is 5.33. The Bertz CT molecular complexity index is 647. The van der Waals surface area contributed by atoms with Gasteiger partial charge in [-0.1, -0.05) is 35.9 Å². The Morgan fingerprint density at radius 1 is 1.14 bits per heavy atom. The number of rotatable bonds is 5. The molecule has 0 fully saturated rings. The molecule has 116 valence electrons. The predicted molar refractivity (Wildman–Crippen MR) is 80.4 cm³/mol. The van der Waals surface area contributed by atoms with Crippen LogP contribution in [0.2, 0.25) is 5.02 Å². The third-order valence-corrected chi connectivity index (χ3v) is 3.32. The highest BCUT2D eigenvalue weighted by atomic mass is 35.5. The first-order valence-corrected chi connectivity index (χ1v) is 6.95. The maximum absolute atomic E-state index is 12.4.